The molecule has 1 saturated carbocycles. The summed E-state index contributed by atoms with van der Waals surface area (Å²) in [6.45, 7) is 1.09. The van der Waals surface area contributed by atoms with Gasteiger partial charge in [-0.15, -0.1) is 6.42 Å². The molecule has 0 aliphatic heterocycles. The molecule has 0 saturated heterocycles. The van der Waals surface area contributed by atoms with Gasteiger partial charge in [0.2, 0.25) is 5.91 Å². The van der Waals surface area contributed by atoms with Gasteiger partial charge in [-0.3, -0.25) is 4.79 Å². The van der Waals surface area contributed by atoms with Crippen molar-refractivity contribution < 1.29 is 4.79 Å². The molecule has 1 fully saturated rings. The number of hydrogen-bond acceptors (Lipinski definition) is 2. The Morgan fingerprint density at radius 1 is 1.43 bits per heavy atom. The third-order valence-corrected chi connectivity index (χ3v) is 2.92. The van der Waals surface area contributed by atoms with Gasteiger partial charge in [-0.2, -0.15) is 0 Å². The number of hydrogen-bond donors (Lipinski definition) is 2. The van der Waals surface area contributed by atoms with Crippen molar-refractivity contribution in [1.29, 1.82) is 0 Å². The molecule has 0 spiro atoms. The zero-order valence-corrected chi connectivity index (χ0v) is 8.46. The summed E-state index contributed by atoms with van der Waals surface area (Å²) in [6.07, 6.45) is 9.13. The van der Waals surface area contributed by atoms with E-state index in [1.54, 1.807) is 0 Å². The van der Waals surface area contributed by atoms with Crippen molar-refractivity contribution in [3.8, 4) is 12.3 Å². The highest BCUT2D eigenvalue weighted by Gasteiger charge is 2.24. The fraction of sp³-hybridized carbons (Fsp3) is 0.727. The van der Waals surface area contributed by atoms with Gasteiger partial charge in [0.25, 0.3) is 0 Å². The first-order valence-electron chi connectivity index (χ1n) is 5.19. The molecular formula is C11H18N2O. The van der Waals surface area contributed by atoms with Crippen molar-refractivity contribution in [3.05, 3.63) is 0 Å². The normalized spacial score (nSPS) is 26.6. The molecular weight excluding hydrogens is 176 g/mol. The standard InChI is InChI=1S/C11H18N2O/c1-2-7-13-11(14)10-5-3-9(8-12)4-6-10/h1,9-10H,3-8,12H2,(H,13,14). The molecule has 78 valence electrons. The van der Waals surface area contributed by atoms with Gasteiger partial charge in [0, 0.05) is 5.92 Å². The minimum atomic E-state index is 0.110. The summed E-state index contributed by atoms with van der Waals surface area (Å²) in [5, 5.41) is 2.73. The number of nitrogens with one attached hydrogen (secondary N) is 1. The van der Waals surface area contributed by atoms with Crippen molar-refractivity contribution in [1.82, 2.24) is 5.32 Å². The molecule has 0 bridgehead atoms. The van der Waals surface area contributed by atoms with Gasteiger partial charge in [-0.25, -0.2) is 0 Å². The zero-order valence-electron chi connectivity index (χ0n) is 8.46. The highest BCUT2D eigenvalue weighted by atomic mass is 16.1. The molecule has 1 aliphatic carbocycles. The molecule has 0 heterocycles. The SMILES string of the molecule is C#CCNC(=O)C1CCC(CN)CC1. The number of carbonyl (C=O) groups is 1. The van der Waals surface area contributed by atoms with Gasteiger partial charge in [-0.05, 0) is 38.1 Å². The van der Waals surface area contributed by atoms with Gasteiger partial charge in [0.05, 0.1) is 6.54 Å². The van der Waals surface area contributed by atoms with Crippen molar-refractivity contribution in [2.45, 2.75) is 25.7 Å². The predicted octanol–water partition coefficient (Wildman–Crippen LogP) is 0.501. The number of nitrogens with two attached hydrogens (primary N) is 1. The van der Waals surface area contributed by atoms with Crippen molar-refractivity contribution in [3.63, 3.8) is 0 Å². The van der Waals surface area contributed by atoms with Crippen LogP contribution in [0.15, 0.2) is 0 Å². The Morgan fingerprint density at radius 2 is 2.07 bits per heavy atom. The maximum Gasteiger partial charge on any atom is 0.223 e. The van der Waals surface area contributed by atoms with Gasteiger partial charge >= 0.3 is 0 Å². The monoisotopic (exact) mass is 194 g/mol. The van der Waals surface area contributed by atoms with Crippen LogP contribution in [0.1, 0.15) is 25.7 Å². The van der Waals surface area contributed by atoms with E-state index >= 15 is 0 Å². The lowest BCUT2D eigenvalue weighted by Crippen LogP contribution is -2.34. The second kappa shape index (κ2) is 5.66. The van der Waals surface area contributed by atoms with Crippen LogP contribution < -0.4 is 11.1 Å². The van der Waals surface area contributed by atoms with Gasteiger partial charge in [-0.1, -0.05) is 5.92 Å². The summed E-state index contributed by atoms with van der Waals surface area (Å²) in [7, 11) is 0. The molecule has 3 N–H and O–H groups in total. The Bertz CT molecular complexity index is 224. The van der Waals surface area contributed by atoms with E-state index in [0.717, 1.165) is 32.2 Å². The van der Waals surface area contributed by atoms with E-state index in [1.807, 2.05) is 0 Å². The van der Waals surface area contributed by atoms with E-state index in [4.69, 9.17) is 12.2 Å². The third-order valence-electron chi connectivity index (χ3n) is 2.92. The summed E-state index contributed by atoms with van der Waals surface area (Å²) in [5.41, 5.74) is 5.58. The van der Waals surface area contributed by atoms with Crippen LogP contribution in [-0.2, 0) is 4.79 Å². The highest BCUT2D eigenvalue weighted by molar-refractivity contribution is 5.78. The van der Waals surface area contributed by atoms with Crippen molar-refractivity contribution in [2.75, 3.05) is 13.1 Å². The predicted molar refractivity (Wildman–Crippen MR) is 56.3 cm³/mol. The van der Waals surface area contributed by atoms with Crippen LogP contribution in [0.5, 0.6) is 0 Å². The zero-order chi connectivity index (χ0) is 10.4. The molecule has 0 radical (unpaired) electrons. The summed E-state index contributed by atoms with van der Waals surface area (Å²) < 4.78 is 0. The fourth-order valence-electron chi connectivity index (χ4n) is 1.94. The summed E-state index contributed by atoms with van der Waals surface area (Å²) in [4.78, 5) is 11.5. The Hall–Kier alpha value is -1.01. The lowest BCUT2D eigenvalue weighted by atomic mass is 9.81. The van der Waals surface area contributed by atoms with Gasteiger partial charge in [0.1, 0.15) is 0 Å². The Labute approximate surface area is 85.4 Å². The van der Waals surface area contributed by atoms with Crippen LogP contribution >= 0.6 is 0 Å². The second-order valence-corrected chi connectivity index (χ2v) is 3.88. The van der Waals surface area contributed by atoms with Crippen LogP contribution in [0.4, 0.5) is 0 Å². The lowest BCUT2D eigenvalue weighted by Gasteiger charge is -2.26. The van der Waals surface area contributed by atoms with Crippen LogP contribution in [0.25, 0.3) is 0 Å². The average Bonchev–Trinajstić information content (AvgIpc) is 2.26. The molecule has 0 unspecified atom stereocenters. The second-order valence-electron chi connectivity index (χ2n) is 3.88. The van der Waals surface area contributed by atoms with Crippen LogP contribution in [0, 0.1) is 24.2 Å². The molecule has 3 nitrogen and oxygen atoms in total. The Morgan fingerprint density at radius 3 is 2.57 bits per heavy atom. The summed E-state index contributed by atoms with van der Waals surface area (Å²) in [6, 6.07) is 0. The lowest BCUT2D eigenvalue weighted by molar-refractivity contribution is -0.125. The number of amides is 1. The Kier molecular flexibility index (Phi) is 4.48. The first kappa shape index (κ1) is 11.1. The number of rotatable bonds is 3. The largest absolute Gasteiger partial charge is 0.345 e. The first-order valence-corrected chi connectivity index (χ1v) is 5.19. The molecule has 1 aliphatic rings. The summed E-state index contributed by atoms with van der Waals surface area (Å²) >= 11 is 0. The highest BCUT2D eigenvalue weighted by Crippen LogP contribution is 2.27. The van der Waals surface area contributed by atoms with E-state index in [2.05, 4.69) is 11.2 Å². The quantitative estimate of drug-likeness (QED) is 0.643. The smallest absolute Gasteiger partial charge is 0.223 e. The molecule has 0 atom stereocenters. The van der Waals surface area contributed by atoms with Crippen LogP contribution in [0.2, 0.25) is 0 Å². The third kappa shape index (κ3) is 3.04. The summed E-state index contributed by atoms with van der Waals surface area (Å²) in [5.74, 6) is 3.29. The first-order chi connectivity index (χ1) is 6.77. The topological polar surface area (TPSA) is 55.1 Å². The van der Waals surface area contributed by atoms with Gasteiger partial charge in [0.15, 0.2) is 0 Å². The fourth-order valence-corrected chi connectivity index (χ4v) is 1.94. The molecule has 1 amide bonds. The maximum atomic E-state index is 11.5. The minimum absolute atomic E-state index is 0.110. The van der Waals surface area contributed by atoms with Crippen LogP contribution in [0.3, 0.4) is 0 Å². The van der Waals surface area contributed by atoms with E-state index < -0.39 is 0 Å². The minimum Gasteiger partial charge on any atom is -0.345 e. The van der Waals surface area contributed by atoms with Gasteiger partial charge < -0.3 is 11.1 Å². The van der Waals surface area contributed by atoms with E-state index in [-0.39, 0.29) is 11.8 Å². The number of terminal acetylenes is 1. The molecule has 0 aromatic rings. The van der Waals surface area contributed by atoms with E-state index in [9.17, 15) is 4.79 Å². The molecule has 0 aromatic carbocycles. The molecule has 1 rings (SSSR count). The molecule has 14 heavy (non-hydrogen) atoms. The number of carbonyl (C=O) groups excluding carboxylic acids is 1. The van der Waals surface area contributed by atoms with Crippen LogP contribution in [-0.4, -0.2) is 19.0 Å². The van der Waals surface area contributed by atoms with Crippen molar-refractivity contribution in [2.24, 2.45) is 17.6 Å². The average molecular weight is 194 g/mol. The molecule has 0 aromatic heterocycles. The Balaban J connectivity index is 2.27. The van der Waals surface area contributed by atoms with E-state index in [0.29, 0.717) is 12.5 Å². The van der Waals surface area contributed by atoms with Crippen molar-refractivity contribution >= 4 is 5.91 Å². The molecule has 3 heteroatoms. The van der Waals surface area contributed by atoms with E-state index in [1.165, 1.54) is 0 Å². The maximum absolute atomic E-state index is 11.5.